The molecule has 1 aliphatic heterocycles. The molecule has 4 heteroatoms. The van der Waals surface area contributed by atoms with E-state index < -0.39 is 0 Å². The van der Waals surface area contributed by atoms with Crippen molar-refractivity contribution >= 4 is 23.5 Å². The molecule has 1 unspecified atom stereocenters. The third kappa shape index (κ3) is 3.00. The van der Waals surface area contributed by atoms with E-state index in [1.165, 1.54) is 22.8 Å². The van der Waals surface area contributed by atoms with Crippen molar-refractivity contribution in [2.45, 2.75) is 29.5 Å². The minimum atomic E-state index is -0.243. The number of nitrogens with one attached hydrogen (secondary N) is 1. The number of nitrogens with zero attached hydrogens (tertiary/aromatic N) is 1. The fraction of sp³-hybridized carbons (Fsp3) is 0.562. The number of hydrogen-bond donors (Lipinski definition) is 1. The summed E-state index contributed by atoms with van der Waals surface area (Å²) in [6.45, 7) is 1.10. The zero-order valence-corrected chi connectivity index (χ0v) is 13.2. The van der Waals surface area contributed by atoms with Gasteiger partial charge in [0, 0.05) is 35.1 Å². The largest absolute Gasteiger partial charge is 0.313 e. The number of hydrogen-bond acceptors (Lipinski definition) is 4. The van der Waals surface area contributed by atoms with E-state index in [0.717, 1.165) is 24.6 Å². The average Bonchev–Trinajstić information content (AvgIpc) is 2.48. The van der Waals surface area contributed by atoms with Crippen molar-refractivity contribution < 1.29 is 0 Å². The average molecular weight is 304 g/mol. The van der Waals surface area contributed by atoms with E-state index in [4.69, 9.17) is 0 Å². The fourth-order valence-electron chi connectivity index (χ4n) is 3.03. The summed E-state index contributed by atoms with van der Waals surface area (Å²) in [6, 6.07) is 13.3. The third-order valence-electron chi connectivity index (χ3n) is 4.25. The van der Waals surface area contributed by atoms with E-state index >= 15 is 0 Å². The first-order valence-electron chi connectivity index (χ1n) is 7.22. The number of rotatable bonds is 4. The molecule has 3 rings (SSSR count). The molecule has 0 spiro atoms. The van der Waals surface area contributed by atoms with Crippen LogP contribution in [-0.2, 0) is 5.41 Å². The van der Waals surface area contributed by atoms with Crippen LogP contribution < -0.4 is 5.32 Å². The van der Waals surface area contributed by atoms with Crippen molar-refractivity contribution in [3.63, 3.8) is 0 Å². The second-order valence-electron chi connectivity index (χ2n) is 5.64. The molecule has 1 aliphatic carbocycles. The maximum atomic E-state index is 9.54. The molecule has 1 N–H and O–H groups in total. The van der Waals surface area contributed by atoms with Crippen LogP contribution >= 0.6 is 23.5 Å². The van der Waals surface area contributed by atoms with E-state index in [0.29, 0.717) is 6.04 Å². The van der Waals surface area contributed by atoms with Gasteiger partial charge in [0.2, 0.25) is 0 Å². The second kappa shape index (κ2) is 6.43. The van der Waals surface area contributed by atoms with Crippen LogP contribution in [-0.4, -0.2) is 35.1 Å². The molecule has 1 atom stereocenters. The van der Waals surface area contributed by atoms with Crippen molar-refractivity contribution in [3.8, 4) is 6.07 Å². The summed E-state index contributed by atoms with van der Waals surface area (Å²) in [5, 5.41) is 14.0. The summed E-state index contributed by atoms with van der Waals surface area (Å²) in [7, 11) is 0. The Morgan fingerprint density at radius 3 is 2.70 bits per heavy atom. The van der Waals surface area contributed by atoms with Gasteiger partial charge in [0.1, 0.15) is 0 Å². The van der Waals surface area contributed by atoms with Gasteiger partial charge >= 0.3 is 0 Å². The summed E-state index contributed by atoms with van der Waals surface area (Å²) in [4.78, 5) is 0. The maximum absolute atomic E-state index is 9.54. The van der Waals surface area contributed by atoms with Gasteiger partial charge in [0.25, 0.3) is 0 Å². The molecule has 0 bridgehead atoms. The summed E-state index contributed by atoms with van der Waals surface area (Å²) in [6.07, 6.45) is 1.91. The highest BCUT2D eigenvalue weighted by Crippen LogP contribution is 2.43. The van der Waals surface area contributed by atoms with Gasteiger partial charge in [-0.1, -0.05) is 30.3 Å². The normalized spacial score (nSPS) is 33.1. The van der Waals surface area contributed by atoms with Gasteiger partial charge in [-0.2, -0.15) is 28.8 Å². The lowest BCUT2D eigenvalue weighted by molar-refractivity contribution is 0.228. The Morgan fingerprint density at radius 2 is 2.05 bits per heavy atom. The lowest BCUT2D eigenvalue weighted by Gasteiger charge is -2.44. The van der Waals surface area contributed by atoms with Gasteiger partial charge in [-0.05, 0) is 18.4 Å². The summed E-state index contributed by atoms with van der Waals surface area (Å²) in [5.41, 5.74) is 0.941. The van der Waals surface area contributed by atoms with Crippen molar-refractivity contribution in [1.82, 2.24) is 5.32 Å². The standard InChI is InChI=1S/C16H20N2S2/c17-12-16(13-4-2-1-3-5-13)8-14(9-16)18-10-15-11-19-6-7-20-15/h1-5,14-15,18H,6-11H2. The van der Waals surface area contributed by atoms with Crippen LogP contribution in [0.3, 0.4) is 0 Å². The van der Waals surface area contributed by atoms with Gasteiger partial charge in [-0.15, -0.1) is 0 Å². The molecule has 2 aliphatic rings. The van der Waals surface area contributed by atoms with E-state index in [-0.39, 0.29) is 5.41 Å². The third-order valence-corrected chi connectivity index (χ3v) is 7.09. The van der Waals surface area contributed by atoms with Gasteiger partial charge < -0.3 is 5.32 Å². The summed E-state index contributed by atoms with van der Waals surface area (Å²) >= 11 is 4.16. The molecule has 2 fully saturated rings. The highest BCUT2D eigenvalue weighted by atomic mass is 32.2. The highest BCUT2D eigenvalue weighted by Gasteiger charge is 2.45. The fourth-order valence-corrected chi connectivity index (χ4v) is 5.65. The van der Waals surface area contributed by atoms with Crippen molar-refractivity contribution in [3.05, 3.63) is 35.9 Å². The molecular formula is C16H20N2S2. The Kier molecular flexibility index (Phi) is 4.60. The first kappa shape index (κ1) is 14.3. The Labute approximate surface area is 129 Å². The van der Waals surface area contributed by atoms with Crippen molar-refractivity contribution in [2.75, 3.05) is 23.8 Å². The molecule has 1 aromatic rings. The molecule has 2 nitrogen and oxygen atoms in total. The lowest BCUT2D eigenvalue weighted by atomic mass is 9.62. The predicted molar refractivity (Wildman–Crippen MR) is 88.3 cm³/mol. The highest BCUT2D eigenvalue weighted by molar-refractivity contribution is 8.06. The molecular weight excluding hydrogens is 284 g/mol. The Morgan fingerprint density at radius 1 is 1.25 bits per heavy atom. The minimum absolute atomic E-state index is 0.243. The zero-order chi connectivity index (χ0) is 13.8. The van der Waals surface area contributed by atoms with Crippen LogP contribution in [0.5, 0.6) is 0 Å². The molecule has 1 heterocycles. The van der Waals surface area contributed by atoms with Crippen LogP contribution in [0, 0.1) is 11.3 Å². The molecule has 0 radical (unpaired) electrons. The Bertz CT molecular complexity index is 471. The van der Waals surface area contributed by atoms with Crippen molar-refractivity contribution in [1.29, 1.82) is 5.26 Å². The van der Waals surface area contributed by atoms with E-state index in [1.54, 1.807) is 0 Å². The lowest BCUT2D eigenvalue weighted by Crippen LogP contribution is -2.52. The van der Waals surface area contributed by atoms with Gasteiger partial charge in [-0.25, -0.2) is 0 Å². The monoisotopic (exact) mass is 304 g/mol. The van der Waals surface area contributed by atoms with Crippen LogP contribution in [0.2, 0.25) is 0 Å². The quantitative estimate of drug-likeness (QED) is 0.927. The molecule has 0 aromatic heterocycles. The summed E-state index contributed by atoms with van der Waals surface area (Å²) in [5.74, 6) is 3.86. The Hall–Kier alpha value is -0.630. The minimum Gasteiger partial charge on any atom is -0.313 e. The topological polar surface area (TPSA) is 35.8 Å². The van der Waals surface area contributed by atoms with Gasteiger partial charge in [-0.3, -0.25) is 0 Å². The van der Waals surface area contributed by atoms with E-state index in [2.05, 4.69) is 47.0 Å². The smallest absolute Gasteiger partial charge is 0.0852 e. The summed E-state index contributed by atoms with van der Waals surface area (Å²) < 4.78 is 0. The first-order chi connectivity index (χ1) is 9.82. The van der Waals surface area contributed by atoms with Gasteiger partial charge in [0.15, 0.2) is 0 Å². The maximum Gasteiger partial charge on any atom is 0.0852 e. The molecule has 1 aromatic carbocycles. The van der Waals surface area contributed by atoms with Crippen molar-refractivity contribution in [2.24, 2.45) is 0 Å². The molecule has 1 saturated carbocycles. The second-order valence-corrected chi connectivity index (χ2v) is 8.20. The number of benzene rings is 1. The molecule has 106 valence electrons. The van der Waals surface area contributed by atoms with Crippen LogP contribution in [0.25, 0.3) is 0 Å². The first-order valence-corrected chi connectivity index (χ1v) is 9.42. The Balaban J connectivity index is 1.51. The van der Waals surface area contributed by atoms with Gasteiger partial charge in [0.05, 0.1) is 11.5 Å². The molecule has 1 saturated heterocycles. The van der Waals surface area contributed by atoms with Crippen LogP contribution in [0.4, 0.5) is 0 Å². The SMILES string of the molecule is N#CC1(c2ccccc2)CC(NCC2CSCCS2)C1. The van der Waals surface area contributed by atoms with E-state index in [9.17, 15) is 5.26 Å². The van der Waals surface area contributed by atoms with E-state index in [1.807, 2.05) is 18.2 Å². The molecule has 20 heavy (non-hydrogen) atoms. The number of thioether (sulfide) groups is 2. The number of nitriles is 1. The zero-order valence-electron chi connectivity index (χ0n) is 11.5. The molecule has 0 amide bonds. The van der Waals surface area contributed by atoms with Crippen LogP contribution in [0.1, 0.15) is 18.4 Å². The van der Waals surface area contributed by atoms with Crippen LogP contribution in [0.15, 0.2) is 30.3 Å². The predicted octanol–water partition coefficient (Wildman–Crippen LogP) is 3.05.